The molecule has 2 aromatic heterocycles. The first-order chi connectivity index (χ1) is 12.7. The van der Waals surface area contributed by atoms with Crippen molar-refractivity contribution in [3.05, 3.63) is 52.8 Å². The minimum atomic E-state index is -0.0531. The van der Waals surface area contributed by atoms with Crippen molar-refractivity contribution >= 4 is 16.8 Å². The number of ketones is 1. The zero-order chi connectivity index (χ0) is 18.4. The number of para-hydroxylation sites is 1. The highest BCUT2D eigenvalue weighted by atomic mass is 16.3. The van der Waals surface area contributed by atoms with Crippen molar-refractivity contribution in [2.45, 2.75) is 51.9 Å². The first kappa shape index (κ1) is 18.1. The second-order valence-electron chi connectivity index (χ2n) is 6.52. The molecule has 0 aliphatic heterocycles. The minimum absolute atomic E-state index is 0.0531. The van der Waals surface area contributed by atoms with Crippen LogP contribution in [0.2, 0.25) is 0 Å². The number of H-pyrrole nitrogens is 1. The van der Waals surface area contributed by atoms with Crippen molar-refractivity contribution in [2.24, 2.45) is 0 Å². The van der Waals surface area contributed by atoms with E-state index in [2.05, 4.69) is 9.97 Å². The van der Waals surface area contributed by atoms with Gasteiger partial charge in [-0.05, 0) is 25.0 Å². The first-order valence-corrected chi connectivity index (χ1v) is 9.25. The summed E-state index contributed by atoms with van der Waals surface area (Å²) in [7, 11) is 0. The molecular formula is C21H24N2O3. The predicted octanol–water partition coefficient (Wildman–Crippen LogP) is 4.66. The molecule has 0 spiro atoms. The Hall–Kier alpha value is -2.69. The third-order valence-corrected chi connectivity index (χ3v) is 4.61. The molecule has 0 bridgehead atoms. The summed E-state index contributed by atoms with van der Waals surface area (Å²) >= 11 is 0. The Bertz CT molecular complexity index is 940. The zero-order valence-electron chi connectivity index (χ0n) is 15.1. The molecule has 0 amide bonds. The number of benzene rings is 1. The van der Waals surface area contributed by atoms with E-state index in [1.165, 1.54) is 6.26 Å². The SMILES string of the molecule is CCC(=O)CCCCCCc1ncc(-c2coc3ccccc3c2=O)[nH]1. The molecule has 136 valence electrons. The number of nitrogens with zero attached hydrogens (tertiary/aromatic N) is 1. The summed E-state index contributed by atoms with van der Waals surface area (Å²) < 4.78 is 5.57. The normalized spacial score (nSPS) is 11.1. The molecule has 1 N–H and O–H groups in total. The Morgan fingerprint density at radius 2 is 1.96 bits per heavy atom. The van der Waals surface area contributed by atoms with Gasteiger partial charge in [0.25, 0.3) is 0 Å². The lowest BCUT2D eigenvalue weighted by Crippen LogP contribution is -2.04. The van der Waals surface area contributed by atoms with Gasteiger partial charge in [0.2, 0.25) is 5.43 Å². The Balaban J connectivity index is 1.58. The lowest BCUT2D eigenvalue weighted by Gasteiger charge is -2.01. The van der Waals surface area contributed by atoms with E-state index in [4.69, 9.17) is 4.42 Å². The summed E-state index contributed by atoms with van der Waals surface area (Å²) in [4.78, 5) is 31.5. The highest BCUT2D eigenvalue weighted by Crippen LogP contribution is 2.18. The summed E-state index contributed by atoms with van der Waals surface area (Å²) in [6, 6.07) is 7.23. The predicted molar refractivity (Wildman–Crippen MR) is 102 cm³/mol. The van der Waals surface area contributed by atoms with Crippen molar-refractivity contribution in [1.29, 1.82) is 0 Å². The van der Waals surface area contributed by atoms with E-state index in [1.54, 1.807) is 18.3 Å². The van der Waals surface area contributed by atoms with Crippen molar-refractivity contribution in [3.8, 4) is 11.3 Å². The number of aromatic amines is 1. The van der Waals surface area contributed by atoms with Crippen LogP contribution in [-0.4, -0.2) is 15.8 Å². The van der Waals surface area contributed by atoms with Gasteiger partial charge in [0.05, 0.1) is 22.8 Å². The lowest BCUT2D eigenvalue weighted by atomic mass is 10.1. The molecule has 0 saturated carbocycles. The van der Waals surface area contributed by atoms with Crippen molar-refractivity contribution in [1.82, 2.24) is 9.97 Å². The Morgan fingerprint density at radius 3 is 2.81 bits per heavy atom. The zero-order valence-corrected chi connectivity index (χ0v) is 15.1. The van der Waals surface area contributed by atoms with Crippen molar-refractivity contribution in [2.75, 3.05) is 0 Å². The molecule has 3 rings (SSSR count). The topological polar surface area (TPSA) is 76.0 Å². The number of rotatable bonds is 9. The molecule has 3 aromatic rings. The summed E-state index contributed by atoms with van der Waals surface area (Å²) in [6.07, 6.45) is 9.47. The molecule has 0 atom stereocenters. The highest BCUT2D eigenvalue weighted by molar-refractivity contribution is 5.80. The summed E-state index contributed by atoms with van der Waals surface area (Å²) in [5.41, 5.74) is 1.72. The van der Waals surface area contributed by atoms with E-state index >= 15 is 0 Å². The summed E-state index contributed by atoms with van der Waals surface area (Å²) in [5.74, 6) is 1.21. The van der Waals surface area contributed by atoms with Crippen LogP contribution in [0.4, 0.5) is 0 Å². The molecule has 0 radical (unpaired) electrons. The number of fused-ring (bicyclic) bond motifs is 1. The maximum atomic E-state index is 12.6. The number of unbranched alkanes of at least 4 members (excludes halogenated alkanes) is 3. The molecule has 26 heavy (non-hydrogen) atoms. The van der Waals surface area contributed by atoms with Gasteiger partial charge in [-0.25, -0.2) is 4.98 Å². The van der Waals surface area contributed by atoms with Crippen LogP contribution in [-0.2, 0) is 11.2 Å². The van der Waals surface area contributed by atoms with E-state index in [0.29, 0.717) is 40.9 Å². The third kappa shape index (κ3) is 4.28. The van der Waals surface area contributed by atoms with Gasteiger partial charge in [-0.3, -0.25) is 9.59 Å². The van der Waals surface area contributed by atoms with Crippen molar-refractivity contribution < 1.29 is 9.21 Å². The molecule has 0 aliphatic rings. The minimum Gasteiger partial charge on any atom is -0.463 e. The molecular weight excluding hydrogens is 328 g/mol. The quantitative estimate of drug-likeness (QED) is 0.569. The fourth-order valence-electron chi connectivity index (χ4n) is 3.04. The largest absolute Gasteiger partial charge is 0.463 e. The van der Waals surface area contributed by atoms with Crippen LogP contribution in [0.1, 0.15) is 51.3 Å². The van der Waals surface area contributed by atoms with Crippen LogP contribution >= 0.6 is 0 Å². The Morgan fingerprint density at radius 1 is 1.15 bits per heavy atom. The molecule has 5 nitrogen and oxygen atoms in total. The van der Waals surface area contributed by atoms with Crippen LogP contribution < -0.4 is 5.43 Å². The van der Waals surface area contributed by atoms with Gasteiger partial charge < -0.3 is 9.40 Å². The number of imidazole rings is 1. The van der Waals surface area contributed by atoms with Gasteiger partial charge >= 0.3 is 0 Å². The van der Waals surface area contributed by atoms with Crippen LogP contribution in [0.5, 0.6) is 0 Å². The van der Waals surface area contributed by atoms with E-state index in [9.17, 15) is 9.59 Å². The van der Waals surface area contributed by atoms with E-state index in [-0.39, 0.29) is 5.43 Å². The highest BCUT2D eigenvalue weighted by Gasteiger charge is 2.11. The third-order valence-electron chi connectivity index (χ3n) is 4.61. The fraction of sp³-hybridized carbons (Fsp3) is 0.381. The second kappa shape index (κ2) is 8.61. The lowest BCUT2D eigenvalue weighted by molar-refractivity contribution is -0.118. The number of hydrogen-bond donors (Lipinski definition) is 1. The summed E-state index contributed by atoms with van der Waals surface area (Å²) in [6.45, 7) is 1.91. The number of hydrogen-bond acceptors (Lipinski definition) is 4. The second-order valence-corrected chi connectivity index (χ2v) is 6.52. The van der Waals surface area contributed by atoms with Gasteiger partial charge in [-0.2, -0.15) is 0 Å². The number of aryl methyl sites for hydroxylation is 1. The molecule has 1 aromatic carbocycles. The monoisotopic (exact) mass is 352 g/mol. The molecule has 0 unspecified atom stereocenters. The fourth-order valence-corrected chi connectivity index (χ4v) is 3.04. The number of Topliss-reactive ketones (excluding diaryl/α,β-unsaturated/α-hetero) is 1. The van der Waals surface area contributed by atoms with Gasteiger partial charge in [0.1, 0.15) is 23.5 Å². The van der Waals surface area contributed by atoms with Gasteiger partial charge in [-0.1, -0.05) is 31.9 Å². The average Bonchev–Trinajstić information content (AvgIpc) is 3.13. The van der Waals surface area contributed by atoms with Gasteiger partial charge in [0, 0.05) is 19.3 Å². The Labute approximate surface area is 152 Å². The van der Waals surface area contributed by atoms with E-state index < -0.39 is 0 Å². The van der Waals surface area contributed by atoms with Crippen LogP contribution in [0.25, 0.3) is 22.2 Å². The maximum absolute atomic E-state index is 12.6. The number of nitrogens with one attached hydrogen (secondary N) is 1. The molecule has 2 heterocycles. The number of carbonyl (C=O) groups is 1. The molecule has 5 heteroatoms. The Kier molecular flexibility index (Phi) is 6.00. The van der Waals surface area contributed by atoms with E-state index in [0.717, 1.165) is 37.9 Å². The first-order valence-electron chi connectivity index (χ1n) is 9.25. The van der Waals surface area contributed by atoms with Gasteiger partial charge in [0.15, 0.2) is 0 Å². The number of aromatic nitrogens is 2. The summed E-state index contributed by atoms with van der Waals surface area (Å²) in [5, 5.41) is 0.572. The number of carbonyl (C=O) groups excluding carboxylic acids is 1. The average molecular weight is 352 g/mol. The maximum Gasteiger partial charge on any atom is 0.202 e. The smallest absolute Gasteiger partial charge is 0.202 e. The standard InChI is InChI=1S/C21H24N2O3/c1-2-15(24)9-5-3-4-6-12-20-22-13-18(23-20)17-14-26-19-11-8-7-10-16(19)21(17)25/h7-8,10-11,13-14H,2-6,9,12H2,1H3,(H,22,23). The van der Waals surface area contributed by atoms with Crippen LogP contribution in [0, 0.1) is 0 Å². The molecule has 0 aliphatic carbocycles. The van der Waals surface area contributed by atoms with Crippen LogP contribution in [0.3, 0.4) is 0 Å². The van der Waals surface area contributed by atoms with Crippen molar-refractivity contribution in [3.63, 3.8) is 0 Å². The molecule has 0 saturated heterocycles. The molecule has 0 fully saturated rings. The van der Waals surface area contributed by atoms with Gasteiger partial charge in [-0.15, -0.1) is 0 Å². The van der Waals surface area contributed by atoms with E-state index in [1.807, 2.05) is 19.1 Å². The van der Waals surface area contributed by atoms with Crippen LogP contribution in [0.15, 0.2) is 45.9 Å².